The fourth-order valence-electron chi connectivity index (χ4n) is 4.34. The molecule has 0 radical (unpaired) electrons. The number of fused-ring (bicyclic) bond motifs is 2. The molecule has 1 aromatic rings. The molecule has 0 bridgehead atoms. The van der Waals surface area contributed by atoms with Gasteiger partial charge in [0, 0.05) is 31.2 Å². The Labute approximate surface area is 123 Å². The lowest BCUT2D eigenvalue weighted by Crippen LogP contribution is -2.67. The van der Waals surface area contributed by atoms with Crippen LogP contribution in [0.2, 0.25) is 0 Å². The first-order valence-electron chi connectivity index (χ1n) is 7.55. The molecule has 5 nitrogen and oxygen atoms in total. The van der Waals surface area contributed by atoms with E-state index in [4.69, 9.17) is 14.7 Å². The van der Waals surface area contributed by atoms with Crippen molar-refractivity contribution >= 4 is 5.97 Å². The highest BCUT2D eigenvalue weighted by Crippen LogP contribution is 2.64. The molecule has 21 heavy (non-hydrogen) atoms. The van der Waals surface area contributed by atoms with E-state index in [0.29, 0.717) is 23.3 Å². The highest BCUT2D eigenvalue weighted by Gasteiger charge is 2.68. The van der Waals surface area contributed by atoms with E-state index in [0.717, 1.165) is 25.9 Å². The zero-order chi connectivity index (χ0) is 14.6. The molecule has 3 atom stereocenters. The second-order valence-corrected chi connectivity index (χ2v) is 6.49. The van der Waals surface area contributed by atoms with Crippen molar-refractivity contribution < 1.29 is 14.3 Å². The van der Waals surface area contributed by atoms with Crippen molar-refractivity contribution in [1.82, 2.24) is 4.57 Å². The van der Waals surface area contributed by atoms with Crippen LogP contribution in [0.15, 0.2) is 12.3 Å². The Hall–Kier alpha value is -1.80. The molecule has 2 heterocycles. The van der Waals surface area contributed by atoms with E-state index in [1.165, 1.54) is 6.42 Å². The average molecular weight is 286 g/mol. The summed E-state index contributed by atoms with van der Waals surface area (Å²) in [7, 11) is 1.76. The number of nitrogens with zero attached hydrogens (tertiary/aromatic N) is 2. The third-order valence-corrected chi connectivity index (χ3v) is 5.52. The van der Waals surface area contributed by atoms with Crippen molar-refractivity contribution in [1.29, 1.82) is 5.26 Å². The Bertz CT molecular complexity index is 638. The number of ether oxygens (including phenoxy) is 2. The lowest BCUT2D eigenvalue weighted by Gasteiger charge is -2.61. The Morgan fingerprint density at radius 1 is 1.57 bits per heavy atom. The molecule has 2 saturated carbocycles. The molecule has 1 aromatic heterocycles. The van der Waals surface area contributed by atoms with Crippen LogP contribution >= 0.6 is 0 Å². The second kappa shape index (κ2) is 4.35. The molecule has 0 amide bonds. The predicted octanol–water partition coefficient (Wildman–Crippen LogP) is 2.01. The smallest absolute Gasteiger partial charge is 0.355 e. The fourth-order valence-corrected chi connectivity index (χ4v) is 4.34. The number of esters is 1. The highest BCUT2D eigenvalue weighted by molar-refractivity contribution is 5.88. The summed E-state index contributed by atoms with van der Waals surface area (Å²) < 4.78 is 13.3. The maximum absolute atomic E-state index is 12.4. The molecule has 5 heteroatoms. The van der Waals surface area contributed by atoms with Crippen LogP contribution in [0, 0.1) is 22.7 Å². The molecule has 2 aliphatic carbocycles. The molecule has 0 N–H and O–H groups in total. The first kappa shape index (κ1) is 12.9. The normalized spacial score (nSPS) is 31.9. The quantitative estimate of drug-likeness (QED) is 0.780. The summed E-state index contributed by atoms with van der Waals surface area (Å²) in [5.41, 5.74) is 1.02. The molecule has 110 valence electrons. The molecule has 3 aliphatic rings. The van der Waals surface area contributed by atoms with Gasteiger partial charge in [-0.1, -0.05) is 6.42 Å². The fraction of sp³-hybridized carbons (Fsp3) is 0.625. The zero-order valence-electron chi connectivity index (χ0n) is 12.0. The third-order valence-electron chi connectivity index (χ3n) is 5.52. The SMILES string of the molecule is Cn1cc(C#N)cc1C(=O)O[C@@H]1[C@@H]2CCO[C@H]2C12CCC2. The molecule has 1 saturated heterocycles. The van der Waals surface area contributed by atoms with Crippen LogP contribution in [0.5, 0.6) is 0 Å². The maximum Gasteiger partial charge on any atom is 0.355 e. The standard InChI is InChI=1S/C16H18N2O3/c1-18-9-10(8-17)7-12(18)15(19)21-14-11-3-6-20-13(11)16(14)4-2-5-16/h7,9,11,13-14H,2-6H2,1H3/t11-,13-,14-/m1/s1. The predicted molar refractivity (Wildman–Crippen MR) is 73.5 cm³/mol. The second-order valence-electron chi connectivity index (χ2n) is 6.49. The lowest BCUT2D eigenvalue weighted by molar-refractivity contribution is -0.234. The van der Waals surface area contributed by atoms with Gasteiger partial charge in [0.25, 0.3) is 0 Å². The molecule has 0 unspecified atom stereocenters. The number of hydrogen-bond donors (Lipinski definition) is 0. The average Bonchev–Trinajstić information content (AvgIpc) is 2.99. The van der Waals surface area contributed by atoms with Gasteiger partial charge in [-0.05, 0) is 25.3 Å². The van der Waals surface area contributed by atoms with Crippen LogP contribution in [-0.4, -0.2) is 29.4 Å². The van der Waals surface area contributed by atoms with Crippen LogP contribution in [0.4, 0.5) is 0 Å². The van der Waals surface area contributed by atoms with Crippen molar-refractivity contribution in [2.24, 2.45) is 18.4 Å². The van der Waals surface area contributed by atoms with E-state index in [9.17, 15) is 4.79 Å². The van der Waals surface area contributed by atoms with Crippen LogP contribution < -0.4 is 0 Å². The number of nitriles is 1. The molecule has 1 spiro atoms. The van der Waals surface area contributed by atoms with Gasteiger partial charge in [-0.2, -0.15) is 5.26 Å². The van der Waals surface area contributed by atoms with E-state index in [2.05, 4.69) is 6.07 Å². The third kappa shape index (κ3) is 1.63. The Morgan fingerprint density at radius 3 is 3.00 bits per heavy atom. The summed E-state index contributed by atoms with van der Waals surface area (Å²) in [4.78, 5) is 12.4. The monoisotopic (exact) mass is 286 g/mol. The lowest BCUT2D eigenvalue weighted by atomic mass is 9.47. The Kier molecular flexibility index (Phi) is 2.67. The summed E-state index contributed by atoms with van der Waals surface area (Å²) in [6, 6.07) is 3.65. The zero-order valence-corrected chi connectivity index (χ0v) is 12.0. The largest absolute Gasteiger partial charge is 0.457 e. The van der Waals surface area contributed by atoms with Gasteiger partial charge in [-0.3, -0.25) is 0 Å². The van der Waals surface area contributed by atoms with Crippen molar-refractivity contribution in [3.63, 3.8) is 0 Å². The van der Waals surface area contributed by atoms with Crippen LogP contribution in [-0.2, 0) is 16.5 Å². The molecule has 3 fully saturated rings. The Balaban J connectivity index is 1.54. The van der Waals surface area contributed by atoms with Crippen molar-refractivity contribution in [3.05, 3.63) is 23.5 Å². The van der Waals surface area contributed by atoms with Crippen LogP contribution in [0.1, 0.15) is 41.7 Å². The van der Waals surface area contributed by atoms with E-state index in [1.54, 1.807) is 23.9 Å². The minimum Gasteiger partial charge on any atom is -0.457 e. The number of carbonyl (C=O) groups excluding carboxylic acids is 1. The van der Waals surface area contributed by atoms with Crippen LogP contribution in [0.25, 0.3) is 0 Å². The molecular formula is C16H18N2O3. The number of hydrogen-bond acceptors (Lipinski definition) is 4. The summed E-state index contributed by atoms with van der Waals surface area (Å²) >= 11 is 0. The van der Waals surface area contributed by atoms with Gasteiger partial charge in [0.1, 0.15) is 17.9 Å². The highest BCUT2D eigenvalue weighted by atomic mass is 16.6. The summed E-state index contributed by atoms with van der Waals surface area (Å²) in [6.45, 7) is 0.786. The molecule has 0 aromatic carbocycles. The minimum atomic E-state index is -0.319. The van der Waals surface area contributed by atoms with Gasteiger partial charge in [-0.15, -0.1) is 0 Å². The van der Waals surface area contributed by atoms with Gasteiger partial charge in [0.15, 0.2) is 0 Å². The maximum atomic E-state index is 12.4. The summed E-state index contributed by atoms with van der Waals surface area (Å²) in [5.74, 6) is 0.0468. The first-order chi connectivity index (χ1) is 10.2. The number of carbonyl (C=O) groups is 1. The van der Waals surface area contributed by atoms with Crippen molar-refractivity contribution in [2.45, 2.75) is 37.9 Å². The van der Waals surface area contributed by atoms with Crippen LogP contribution in [0.3, 0.4) is 0 Å². The van der Waals surface area contributed by atoms with E-state index >= 15 is 0 Å². The minimum absolute atomic E-state index is 0.00770. The molecular weight excluding hydrogens is 268 g/mol. The number of rotatable bonds is 2. The van der Waals surface area contributed by atoms with E-state index < -0.39 is 0 Å². The van der Waals surface area contributed by atoms with Crippen molar-refractivity contribution in [2.75, 3.05) is 6.61 Å². The van der Waals surface area contributed by atoms with Gasteiger partial charge in [0.05, 0.1) is 11.7 Å². The Morgan fingerprint density at radius 2 is 2.38 bits per heavy atom. The van der Waals surface area contributed by atoms with Gasteiger partial charge in [0.2, 0.25) is 0 Å². The summed E-state index contributed by atoms with van der Waals surface area (Å²) in [6.07, 6.45) is 6.33. The van der Waals surface area contributed by atoms with Gasteiger partial charge < -0.3 is 14.0 Å². The number of aromatic nitrogens is 1. The molecule has 4 rings (SSSR count). The number of aryl methyl sites for hydroxylation is 1. The topological polar surface area (TPSA) is 64.2 Å². The first-order valence-corrected chi connectivity index (χ1v) is 7.55. The van der Waals surface area contributed by atoms with E-state index in [-0.39, 0.29) is 17.5 Å². The van der Waals surface area contributed by atoms with Gasteiger partial charge in [-0.25, -0.2) is 4.79 Å². The molecule has 1 aliphatic heterocycles. The van der Waals surface area contributed by atoms with E-state index in [1.807, 2.05) is 0 Å². The summed E-state index contributed by atoms with van der Waals surface area (Å²) in [5, 5.41) is 8.92. The van der Waals surface area contributed by atoms with Gasteiger partial charge >= 0.3 is 5.97 Å². The van der Waals surface area contributed by atoms with Crippen molar-refractivity contribution in [3.8, 4) is 6.07 Å².